The van der Waals surface area contributed by atoms with Gasteiger partial charge in [0.2, 0.25) is 0 Å². The lowest BCUT2D eigenvalue weighted by Gasteiger charge is -2.60. The minimum Gasteiger partial charge on any atom is -0.377 e. The van der Waals surface area contributed by atoms with E-state index in [9.17, 15) is 13.2 Å². The number of thiazole rings is 1. The van der Waals surface area contributed by atoms with Crippen molar-refractivity contribution in [1.29, 1.82) is 0 Å². The van der Waals surface area contributed by atoms with Crippen LogP contribution in [0.2, 0.25) is 0 Å². The van der Waals surface area contributed by atoms with Gasteiger partial charge in [0.05, 0.1) is 11.1 Å². The van der Waals surface area contributed by atoms with Crippen LogP contribution in [-0.4, -0.2) is 43.3 Å². The summed E-state index contributed by atoms with van der Waals surface area (Å²) < 4.78 is 43.7. The Morgan fingerprint density at radius 3 is 2.81 bits per heavy atom. The first-order chi connectivity index (χ1) is 12.2. The van der Waals surface area contributed by atoms with E-state index in [1.54, 1.807) is 7.05 Å². The highest BCUT2D eigenvalue weighted by Crippen LogP contribution is 2.51. The zero-order valence-electron chi connectivity index (χ0n) is 15.6. The number of hydrogen-bond acceptors (Lipinski definition) is 4. The van der Waals surface area contributed by atoms with Gasteiger partial charge in [0.25, 0.3) is 0 Å². The Bertz CT molecular complexity index is 665. The highest BCUT2D eigenvalue weighted by molar-refractivity contribution is 14.0. The van der Waals surface area contributed by atoms with Gasteiger partial charge >= 0.3 is 6.18 Å². The molecule has 27 heavy (non-hydrogen) atoms. The van der Waals surface area contributed by atoms with E-state index in [1.165, 1.54) is 0 Å². The molecule has 2 heterocycles. The Morgan fingerprint density at radius 2 is 2.19 bits per heavy atom. The van der Waals surface area contributed by atoms with E-state index in [-0.39, 0.29) is 41.5 Å². The molecule has 1 aliphatic carbocycles. The first-order valence-corrected chi connectivity index (χ1v) is 9.72. The fourth-order valence-electron chi connectivity index (χ4n) is 4.00. The third-order valence-electron chi connectivity index (χ3n) is 5.32. The zero-order chi connectivity index (χ0) is 18.9. The molecule has 2 aliphatic rings. The quantitative estimate of drug-likeness (QED) is 0.363. The molecule has 0 bridgehead atoms. The molecule has 0 radical (unpaired) electrons. The number of aliphatic imine (C=N–C) groups is 1. The first kappa shape index (κ1) is 22.7. The standard InChI is InChI=1S/C17H25F3N4OS.HI/c1-16(2)13(10-5-4-8-25-14(10)16)24-15(21-3)22-7-6-12-23-11(9-26-12)17(18,19)20;/h9-10,13-14H,4-8H2,1-3H3,(H2,21,22,24);1H. The molecule has 1 saturated carbocycles. The number of ether oxygens (including phenoxy) is 1. The van der Waals surface area contributed by atoms with E-state index in [0.29, 0.717) is 29.9 Å². The molecule has 1 aromatic heterocycles. The Balaban J connectivity index is 0.00000261. The highest BCUT2D eigenvalue weighted by atomic mass is 127. The normalized spacial score (nSPS) is 27.2. The van der Waals surface area contributed by atoms with Crippen LogP contribution in [0.5, 0.6) is 0 Å². The Labute approximate surface area is 178 Å². The number of fused-ring (bicyclic) bond motifs is 1. The van der Waals surface area contributed by atoms with Gasteiger partial charge in [-0.1, -0.05) is 13.8 Å². The van der Waals surface area contributed by atoms with Crippen molar-refractivity contribution in [3.63, 3.8) is 0 Å². The van der Waals surface area contributed by atoms with Crippen molar-refractivity contribution >= 4 is 41.3 Å². The summed E-state index contributed by atoms with van der Waals surface area (Å²) in [5.41, 5.74) is -0.792. The summed E-state index contributed by atoms with van der Waals surface area (Å²) in [6.07, 6.45) is -1.46. The second-order valence-corrected chi connectivity index (χ2v) is 8.36. The summed E-state index contributed by atoms with van der Waals surface area (Å²) in [4.78, 5) is 7.89. The van der Waals surface area contributed by atoms with Crippen molar-refractivity contribution in [1.82, 2.24) is 15.6 Å². The van der Waals surface area contributed by atoms with Crippen molar-refractivity contribution in [2.24, 2.45) is 16.3 Å². The van der Waals surface area contributed by atoms with Crippen molar-refractivity contribution in [3.05, 3.63) is 16.1 Å². The molecule has 1 aliphatic heterocycles. The smallest absolute Gasteiger partial charge is 0.377 e. The lowest BCUT2D eigenvalue weighted by atomic mass is 9.55. The summed E-state index contributed by atoms with van der Waals surface area (Å²) in [7, 11) is 1.70. The molecule has 2 fully saturated rings. The Hall–Kier alpha value is -0.620. The number of nitrogens with zero attached hydrogens (tertiary/aromatic N) is 2. The molecular weight excluding hydrogens is 492 g/mol. The average Bonchev–Trinajstić information content (AvgIpc) is 3.07. The van der Waals surface area contributed by atoms with Crippen LogP contribution in [0.3, 0.4) is 0 Å². The number of halogens is 4. The molecule has 10 heteroatoms. The van der Waals surface area contributed by atoms with Gasteiger partial charge in [0, 0.05) is 49.4 Å². The first-order valence-electron chi connectivity index (χ1n) is 8.84. The fraction of sp³-hybridized carbons (Fsp3) is 0.765. The van der Waals surface area contributed by atoms with Gasteiger partial charge in [-0.05, 0) is 12.8 Å². The predicted molar refractivity (Wildman–Crippen MR) is 111 cm³/mol. The Morgan fingerprint density at radius 1 is 1.44 bits per heavy atom. The molecule has 3 unspecified atom stereocenters. The van der Waals surface area contributed by atoms with Gasteiger partial charge in [-0.25, -0.2) is 4.98 Å². The van der Waals surface area contributed by atoms with Crippen LogP contribution in [0, 0.1) is 11.3 Å². The number of alkyl halides is 3. The van der Waals surface area contributed by atoms with Gasteiger partial charge in [-0.2, -0.15) is 13.2 Å². The molecule has 0 aromatic carbocycles. The fourth-order valence-corrected chi connectivity index (χ4v) is 4.81. The predicted octanol–water partition coefficient (Wildman–Crippen LogP) is 3.69. The van der Waals surface area contributed by atoms with Gasteiger partial charge in [0.1, 0.15) is 0 Å². The van der Waals surface area contributed by atoms with E-state index < -0.39 is 11.9 Å². The van der Waals surface area contributed by atoms with Gasteiger partial charge in [0.15, 0.2) is 11.7 Å². The number of rotatable bonds is 4. The average molecular weight is 518 g/mol. The minimum absolute atomic E-state index is 0. The van der Waals surface area contributed by atoms with Crippen LogP contribution < -0.4 is 10.6 Å². The SMILES string of the molecule is CN=C(NCCc1nc(C(F)(F)F)cs1)NC1C2CCCOC2C1(C)C.I. The number of guanidine groups is 1. The summed E-state index contributed by atoms with van der Waals surface area (Å²) in [6, 6.07) is 0.274. The van der Waals surface area contributed by atoms with E-state index in [4.69, 9.17) is 4.74 Å². The van der Waals surface area contributed by atoms with Gasteiger partial charge in [-0.15, -0.1) is 35.3 Å². The van der Waals surface area contributed by atoms with Crippen molar-refractivity contribution in [2.75, 3.05) is 20.2 Å². The molecule has 154 valence electrons. The molecule has 0 spiro atoms. The number of aromatic nitrogens is 1. The lowest BCUT2D eigenvalue weighted by Crippen LogP contribution is -2.71. The third kappa shape index (κ3) is 4.87. The van der Waals surface area contributed by atoms with E-state index in [1.807, 2.05) is 0 Å². The summed E-state index contributed by atoms with van der Waals surface area (Å²) in [5.74, 6) is 1.14. The minimum atomic E-state index is -4.38. The molecule has 3 atom stereocenters. The summed E-state index contributed by atoms with van der Waals surface area (Å²) >= 11 is 1.03. The van der Waals surface area contributed by atoms with Crippen molar-refractivity contribution < 1.29 is 17.9 Å². The maximum absolute atomic E-state index is 12.6. The summed E-state index contributed by atoms with van der Waals surface area (Å²) in [5, 5.41) is 8.17. The molecule has 1 saturated heterocycles. The highest BCUT2D eigenvalue weighted by Gasteiger charge is 2.58. The zero-order valence-corrected chi connectivity index (χ0v) is 18.7. The summed E-state index contributed by atoms with van der Waals surface area (Å²) in [6.45, 7) is 5.69. The molecule has 0 amide bonds. The molecule has 1 aromatic rings. The van der Waals surface area contributed by atoms with Gasteiger partial charge in [-0.3, -0.25) is 4.99 Å². The van der Waals surface area contributed by atoms with E-state index in [2.05, 4.69) is 34.5 Å². The lowest BCUT2D eigenvalue weighted by molar-refractivity contribution is -0.188. The number of nitrogens with one attached hydrogen (secondary N) is 2. The maximum Gasteiger partial charge on any atom is 0.434 e. The third-order valence-corrected chi connectivity index (χ3v) is 6.23. The van der Waals surface area contributed by atoms with Crippen LogP contribution in [0.25, 0.3) is 0 Å². The largest absolute Gasteiger partial charge is 0.434 e. The molecule has 5 nitrogen and oxygen atoms in total. The number of hydrogen-bond donors (Lipinski definition) is 2. The van der Waals surface area contributed by atoms with Crippen molar-refractivity contribution in [2.45, 2.75) is 51.4 Å². The second kappa shape index (κ2) is 8.81. The van der Waals surface area contributed by atoms with Crippen LogP contribution in [0.4, 0.5) is 13.2 Å². The van der Waals surface area contributed by atoms with Crippen LogP contribution in [0.15, 0.2) is 10.4 Å². The van der Waals surface area contributed by atoms with Crippen molar-refractivity contribution in [3.8, 4) is 0 Å². The van der Waals surface area contributed by atoms with E-state index in [0.717, 1.165) is 36.2 Å². The Kier molecular flexibility index (Phi) is 7.40. The molecule has 2 N–H and O–H groups in total. The monoisotopic (exact) mass is 518 g/mol. The van der Waals surface area contributed by atoms with E-state index >= 15 is 0 Å². The van der Waals surface area contributed by atoms with Crippen LogP contribution in [0.1, 0.15) is 37.4 Å². The van der Waals surface area contributed by atoms with Crippen LogP contribution >= 0.6 is 35.3 Å². The molecule has 3 rings (SSSR count). The van der Waals surface area contributed by atoms with Gasteiger partial charge < -0.3 is 15.4 Å². The second-order valence-electron chi connectivity index (χ2n) is 7.41. The topological polar surface area (TPSA) is 58.5 Å². The van der Waals surface area contributed by atoms with Crippen LogP contribution in [-0.2, 0) is 17.3 Å². The molecular formula is C17H26F3IN4OS. The maximum atomic E-state index is 12.6.